The van der Waals surface area contributed by atoms with Gasteiger partial charge in [-0.2, -0.15) is 0 Å². The van der Waals surface area contributed by atoms with Gasteiger partial charge >= 0.3 is 0 Å². The first-order valence-electron chi connectivity index (χ1n) is 6.79. The Kier molecular flexibility index (Phi) is 3.66. The van der Waals surface area contributed by atoms with Crippen molar-refractivity contribution < 1.29 is 0 Å². The maximum absolute atomic E-state index is 2.30. The second-order valence-corrected chi connectivity index (χ2v) is 5.51. The van der Waals surface area contributed by atoms with Crippen molar-refractivity contribution in [3.63, 3.8) is 0 Å². The highest BCUT2D eigenvalue weighted by Gasteiger charge is 2.13. The summed E-state index contributed by atoms with van der Waals surface area (Å²) in [6.07, 6.45) is 0. The van der Waals surface area contributed by atoms with E-state index >= 15 is 0 Å². The molecule has 0 heterocycles. The number of rotatable bonds is 2. The standard InChI is InChI=1S/C18H23N/c1-12-8-7-9-17(10-12)19(6)18-14(3)11-13(2)15(4)16(18)5/h7-11H,1-6H3. The van der Waals surface area contributed by atoms with Gasteiger partial charge in [-0.3, -0.25) is 0 Å². The second kappa shape index (κ2) is 5.08. The van der Waals surface area contributed by atoms with E-state index in [1.54, 1.807) is 0 Å². The van der Waals surface area contributed by atoms with Crippen LogP contribution in [0.4, 0.5) is 11.4 Å². The lowest BCUT2D eigenvalue weighted by molar-refractivity contribution is 1.13. The van der Waals surface area contributed by atoms with Crippen molar-refractivity contribution in [1.82, 2.24) is 0 Å². The van der Waals surface area contributed by atoms with Gasteiger partial charge in [-0.05, 0) is 74.6 Å². The number of hydrogen-bond donors (Lipinski definition) is 0. The van der Waals surface area contributed by atoms with Crippen molar-refractivity contribution in [3.05, 3.63) is 58.1 Å². The molecule has 0 spiro atoms. The fourth-order valence-corrected chi connectivity index (χ4v) is 2.75. The van der Waals surface area contributed by atoms with Crippen LogP contribution in [0, 0.1) is 34.6 Å². The van der Waals surface area contributed by atoms with Crippen LogP contribution in [-0.4, -0.2) is 7.05 Å². The molecule has 2 aromatic carbocycles. The molecule has 0 amide bonds. The van der Waals surface area contributed by atoms with Gasteiger partial charge in [-0.1, -0.05) is 18.2 Å². The molecule has 0 aromatic heterocycles. The molecular weight excluding hydrogens is 230 g/mol. The Morgan fingerprint density at radius 2 is 1.47 bits per heavy atom. The van der Waals surface area contributed by atoms with E-state index in [9.17, 15) is 0 Å². The molecule has 2 aromatic rings. The lowest BCUT2D eigenvalue weighted by Gasteiger charge is -2.26. The van der Waals surface area contributed by atoms with Gasteiger partial charge in [0.15, 0.2) is 0 Å². The largest absolute Gasteiger partial charge is 0.344 e. The van der Waals surface area contributed by atoms with E-state index < -0.39 is 0 Å². The molecule has 100 valence electrons. The summed E-state index contributed by atoms with van der Waals surface area (Å²) < 4.78 is 0. The molecular formula is C18H23N. The van der Waals surface area contributed by atoms with Gasteiger partial charge in [0, 0.05) is 18.4 Å². The summed E-state index contributed by atoms with van der Waals surface area (Å²) in [5, 5.41) is 0. The highest BCUT2D eigenvalue weighted by Crippen LogP contribution is 2.33. The molecule has 0 bridgehead atoms. The molecule has 0 aliphatic heterocycles. The predicted octanol–water partition coefficient (Wildman–Crippen LogP) is 5.00. The summed E-state index contributed by atoms with van der Waals surface area (Å²) in [6, 6.07) is 10.9. The highest BCUT2D eigenvalue weighted by atomic mass is 15.1. The molecule has 0 radical (unpaired) electrons. The second-order valence-electron chi connectivity index (χ2n) is 5.51. The molecule has 0 saturated carbocycles. The van der Waals surface area contributed by atoms with Crippen molar-refractivity contribution in [2.45, 2.75) is 34.6 Å². The van der Waals surface area contributed by atoms with Gasteiger partial charge in [0.05, 0.1) is 0 Å². The summed E-state index contributed by atoms with van der Waals surface area (Å²) in [4.78, 5) is 2.30. The van der Waals surface area contributed by atoms with Crippen LogP contribution >= 0.6 is 0 Å². The maximum Gasteiger partial charge on any atom is 0.0470 e. The molecule has 0 atom stereocenters. The third kappa shape index (κ3) is 2.51. The number of hydrogen-bond acceptors (Lipinski definition) is 1. The number of anilines is 2. The summed E-state index contributed by atoms with van der Waals surface area (Å²) in [5.74, 6) is 0. The molecule has 0 unspecified atom stereocenters. The summed E-state index contributed by atoms with van der Waals surface area (Å²) >= 11 is 0. The number of benzene rings is 2. The molecule has 0 saturated heterocycles. The van der Waals surface area contributed by atoms with E-state index in [1.165, 1.54) is 39.2 Å². The van der Waals surface area contributed by atoms with Gasteiger partial charge in [0.1, 0.15) is 0 Å². The molecule has 2 rings (SSSR count). The van der Waals surface area contributed by atoms with E-state index in [1.807, 2.05) is 0 Å². The summed E-state index contributed by atoms with van der Waals surface area (Å²) in [6.45, 7) is 10.9. The highest BCUT2D eigenvalue weighted by molar-refractivity contribution is 5.71. The van der Waals surface area contributed by atoms with Crippen LogP contribution in [0.1, 0.15) is 27.8 Å². The van der Waals surface area contributed by atoms with E-state index in [0.29, 0.717) is 0 Å². The topological polar surface area (TPSA) is 3.24 Å². The van der Waals surface area contributed by atoms with Gasteiger partial charge in [0.2, 0.25) is 0 Å². The molecule has 19 heavy (non-hydrogen) atoms. The normalized spacial score (nSPS) is 10.6. The molecule has 0 aliphatic rings. The Morgan fingerprint density at radius 1 is 0.789 bits per heavy atom. The van der Waals surface area contributed by atoms with Crippen LogP contribution in [0.2, 0.25) is 0 Å². The lowest BCUT2D eigenvalue weighted by Crippen LogP contribution is -2.13. The van der Waals surface area contributed by atoms with E-state index in [-0.39, 0.29) is 0 Å². The summed E-state index contributed by atoms with van der Waals surface area (Å²) in [5.41, 5.74) is 9.34. The van der Waals surface area contributed by atoms with Crippen LogP contribution in [0.15, 0.2) is 30.3 Å². The molecule has 1 nitrogen and oxygen atoms in total. The zero-order valence-corrected chi connectivity index (χ0v) is 12.8. The Morgan fingerprint density at radius 3 is 2.11 bits per heavy atom. The van der Waals surface area contributed by atoms with Crippen molar-refractivity contribution in [2.24, 2.45) is 0 Å². The zero-order chi connectivity index (χ0) is 14.2. The smallest absolute Gasteiger partial charge is 0.0470 e. The zero-order valence-electron chi connectivity index (χ0n) is 12.8. The van der Waals surface area contributed by atoms with Gasteiger partial charge < -0.3 is 4.90 Å². The monoisotopic (exact) mass is 253 g/mol. The first-order valence-corrected chi connectivity index (χ1v) is 6.79. The minimum atomic E-state index is 1.24. The van der Waals surface area contributed by atoms with Crippen molar-refractivity contribution in [1.29, 1.82) is 0 Å². The predicted molar refractivity (Wildman–Crippen MR) is 84.6 cm³/mol. The molecule has 1 heteroatoms. The minimum Gasteiger partial charge on any atom is -0.344 e. The quantitative estimate of drug-likeness (QED) is 0.728. The Hall–Kier alpha value is -1.76. The van der Waals surface area contributed by atoms with Crippen molar-refractivity contribution in [2.75, 3.05) is 11.9 Å². The molecule has 0 aliphatic carbocycles. The lowest BCUT2D eigenvalue weighted by atomic mass is 9.97. The molecule has 0 N–H and O–H groups in total. The van der Waals surface area contributed by atoms with Gasteiger partial charge in [0.25, 0.3) is 0 Å². The fraction of sp³-hybridized carbons (Fsp3) is 0.333. The average Bonchev–Trinajstić information content (AvgIpc) is 2.36. The third-order valence-corrected chi connectivity index (χ3v) is 4.04. The van der Waals surface area contributed by atoms with Crippen LogP contribution in [0.3, 0.4) is 0 Å². The Bertz CT molecular complexity index is 611. The maximum atomic E-state index is 2.30. The number of aryl methyl sites for hydroxylation is 3. The van der Waals surface area contributed by atoms with Gasteiger partial charge in [-0.25, -0.2) is 0 Å². The minimum absolute atomic E-state index is 1.24. The average molecular weight is 253 g/mol. The third-order valence-electron chi connectivity index (χ3n) is 4.04. The number of nitrogens with zero attached hydrogens (tertiary/aromatic N) is 1. The fourth-order valence-electron chi connectivity index (χ4n) is 2.75. The SMILES string of the molecule is Cc1cccc(N(C)c2c(C)cc(C)c(C)c2C)c1. The van der Waals surface area contributed by atoms with E-state index in [2.05, 4.69) is 76.9 Å². The van der Waals surface area contributed by atoms with Crippen LogP contribution < -0.4 is 4.90 Å². The Balaban J connectivity index is 2.56. The Labute approximate surface area is 116 Å². The van der Waals surface area contributed by atoms with Crippen LogP contribution in [0.5, 0.6) is 0 Å². The first kappa shape index (κ1) is 13.7. The van der Waals surface area contributed by atoms with Crippen molar-refractivity contribution in [3.8, 4) is 0 Å². The van der Waals surface area contributed by atoms with E-state index in [4.69, 9.17) is 0 Å². The molecule has 0 fully saturated rings. The van der Waals surface area contributed by atoms with Crippen LogP contribution in [0.25, 0.3) is 0 Å². The van der Waals surface area contributed by atoms with E-state index in [0.717, 1.165) is 0 Å². The first-order chi connectivity index (χ1) is 8.91. The summed E-state index contributed by atoms with van der Waals surface area (Å²) in [7, 11) is 2.15. The van der Waals surface area contributed by atoms with Crippen molar-refractivity contribution >= 4 is 11.4 Å². The van der Waals surface area contributed by atoms with Crippen LogP contribution in [-0.2, 0) is 0 Å². The van der Waals surface area contributed by atoms with Gasteiger partial charge in [-0.15, -0.1) is 0 Å².